The minimum atomic E-state index is -1.25. The zero-order chi connectivity index (χ0) is 23.6. The van der Waals surface area contributed by atoms with Gasteiger partial charge in [-0.3, -0.25) is 24.0 Å². The molecule has 0 spiro atoms. The zero-order valence-electron chi connectivity index (χ0n) is 18.2. The van der Waals surface area contributed by atoms with Gasteiger partial charge in [0.2, 0.25) is 23.6 Å². The Hall–Kier alpha value is -2.69. The van der Waals surface area contributed by atoms with E-state index in [1.165, 1.54) is 6.92 Å². The van der Waals surface area contributed by atoms with Gasteiger partial charge < -0.3 is 32.5 Å². The summed E-state index contributed by atoms with van der Waals surface area (Å²) in [4.78, 5) is 59.8. The Morgan fingerprint density at radius 2 is 1.47 bits per heavy atom. The summed E-state index contributed by atoms with van der Waals surface area (Å²) in [5.74, 6) is -4.25. The molecule has 5 unspecified atom stereocenters. The molecule has 0 rings (SSSR count). The van der Waals surface area contributed by atoms with Crippen molar-refractivity contribution in [1.82, 2.24) is 16.0 Å². The second-order valence-corrected chi connectivity index (χ2v) is 7.78. The van der Waals surface area contributed by atoms with Crippen LogP contribution in [0.2, 0.25) is 0 Å². The first-order valence-corrected chi connectivity index (χ1v) is 9.99. The van der Waals surface area contributed by atoms with Crippen molar-refractivity contribution in [1.29, 1.82) is 0 Å². The maximum atomic E-state index is 12.9. The first-order valence-electron chi connectivity index (χ1n) is 9.99. The van der Waals surface area contributed by atoms with Crippen LogP contribution < -0.4 is 27.4 Å². The lowest BCUT2D eigenvalue weighted by Crippen LogP contribution is -2.59. The summed E-state index contributed by atoms with van der Waals surface area (Å²) in [6.45, 7) is 8.41. The highest BCUT2D eigenvalue weighted by atomic mass is 16.4. The smallest absolute Gasteiger partial charge is 0.325 e. The van der Waals surface area contributed by atoms with Crippen LogP contribution in [0.25, 0.3) is 0 Å². The van der Waals surface area contributed by atoms with Gasteiger partial charge in [0.25, 0.3) is 0 Å². The fourth-order valence-corrected chi connectivity index (χ4v) is 2.45. The fraction of sp³-hybridized carbons (Fsp3) is 0.737. The summed E-state index contributed by atoms with van der Waals surface area (Å²) >= 11 is 0. The third-order valence-corrected chi connectivity index (χ3v) is 4.86. The molecular formula is C19H35N5O6. The monoisotopic (exact) mass is 429 g/mol. The molecule has 0 aromatic carbocycles. The number of hydrogen-bond donors (Lipinski definition) is 6. The standard InChI is InChI=1S/C19H35N5O6/c1-6-10(4)15(24-17(27)14(21)9(2)3)18(28)23-12(7-8-13(20)25)16(26)22-11(5)19(29)30/h9-12,14-15H,6-8,21H2,1-5H3,(H2,20,25)(H,22,26)(H,23,28)(H,24,27)(H,29,30). The van der Waals surface area contributed by atoms with Gasteiger partial charge in [0, 0.05) is 6.42 Å². The maximum absolute atomic E-state index is 12.9. The number of aliphatic carboxylic acids is 1. The first-order chi connectivity index (χ1) is 13.8. The van der Waals surface area contributed by atoms with Gasteiger partial charge in [-0.05, 0) is 25.2 Å². The molecule has 5 atom stereocenters. The summed E-state index contributed by atoms with van der Waals surface area (Å²) in [7, 11) is 0. The Labute approximate surface area is 176 Å². The molecular weight excluding hydrogens is 394 g/mol. The minimum absolute atomic E-state index is 0.119. The molecule has 11 nitrogen and oxygen atoms in total. The van der Waals surface area contributed by atoms with Crippen LogP contribution in [0.5, 0.6) is 0 Å². The topological polar surface area (TPSA) is 194 Å². The van der Waals surface area contributed by atoms with Crippen LogP contribution in [0.4, 0.5) is 0 Å². The van der Waals surface area contributed by atoms with Gasteiger partial charge in [-0.1, -0.05) is 34.1 Å². The Morgan fingerprint density at radius 1 is 0.900 bits per heavy atom. The number of carboxylic acids is 1. The number of primary amides is 1. The maximum Gasteiger partial charge on any atom is 0.325 e. The lowest BCUT2D eigenvalue weighted by Gasteiger charge is -2.28. The Morgan fingerprint density at radius 3 is 1.90 bits per heavy atom. The molecule has 0 saturated heterocycles. The minimum Gasteiger partial charge on any atom is -0.480 e. The molecule has 4 amide bonds. The Bertz CT molecular complexity index is 639. The van der Waals surface area contributed by atoms with E-state index in [4.69, 9.17) is 16.6 Å². The molecule has 0 aromatic rings. The fourth-order valence-electron chi connectivity index (χ4n) is 2.45. The van der Waals surface area contributed by atoms with E-state index in [0.717, 1.165) is 0 Å². The van der Waals surface area contributed by atoms with Crippen molar-refractivity contribution < 1.29 is 29.1 Å². The Kier molecular flexibility index (Phi) is 11.6. The Balaban J connectivity index is 5.47. The van der Waals surface area contributed by atoms with E-state index in [1.54, 1.807) is 20.8 Å². The van der Waals surface area contributed by atoms with Crippen molar-refractivity contribution in [2.75, 3.05) is 0 Å². The van der Waals surface area contributed by atoms with E-state index >= 15 is 0 Å². The number of hydrogen-bond acceptors (Lipinski definition) is 6. The van der Waals surface area contributed by atoms with Gasteiger partial charge >= 0.3 is 5.97 Å². The summed E-state index contributed by atoms with van der Waals surface area (Å²) < 4.78 is 0. The number of nitrogens with one attached hydrogen (secondary N) is 3. The number of carboxylic acid groups (broad SMARTS) is 1. The van der Waals surface area contributed by atoms with Gasteiger partial charge in [0.05, 0.1) is 6.04 Å². The summed E-state index contributed by atoms with van der Waals surface area (Å²) in [5.41, 5.74) is 11.0. The number of nitrogens with two attached hydrogens (primary N) is 2. The predicted molar refractivity (Wildman–Crippen MR) is 110 cm³/mol. The SMILES string of the molecule is CCC(C)C(NC(=O)C(N)C(C)C)C(=O)NC(CCC(N)=O)C(=O)NC(C)C(=O)O. The van der Waals surface area contributed by atoms with E-state index in [-0.39, 0.29) is 24.7 Å². The highest BCUT2D eigenvalue weighted by Crippen LogP contribution is 2.11. The summed E-state index contributed by atoms with van der Waals surface area (Å²) in [5, 5.41) is 16.3. The van der Waals surface area contributed by atoms with Gasteiger partial charge in [-0.25, -0.2) is 0 Å². The molecule has 172 valence electrons. The number of amides is 4. The van der Waals surface area contributed by atoms with Gasteiger partial charge in [-0.2, -0.15) is 0 Å². The third kappa shape index (κ3) is 9.21. The quantitative estimate of drug-likeness (QED) is 0.212. The highest BCUT2D eigenvalue weighted by Gasteiger charge is 2.32. The van der Waals surface area contributed by atoms with Gasteiger partial charge in [0.1, 0.15) is 18.1 Å². The van der Waals surface area contributed by atoms with Crippen molar-refractivity contribution in [3.05, 3.63) is 0 Å². The van der Waals surface area contributed by atoms with E-state index in [2.05, 4.69) is 16.0 Å². The van der Waals surface area contributed by atoms with Crippen molar-refractivity contribution >= 4 is 29.6 Å². The molecule has 0 fully saturated rings. The van der Waals surface area contributed by atoms with Crippen molar-refractivity contribution in [2.45, 2.75) is 78.0 Å². The third-order valence-electron chi connectivity index (χ3n) is 4.86. The van der Waals surface area contributed by atoms with Crippen LogP contribution >= 0.6 is 0 Å². The lowest BCUT2D eigenvalue weighted by molar-refractivity contribution is -0.142. The predicted octanol–water partition coefficient (Wildman–Crippen LogP) is -1.16. The van der Waals surface area contributed by atoms with Gasteiger partial charge in [0.15, 0.2) is 0 Å². The average molecular weight is 430 g/mol. The summed E-state index contributed by atoms with van der Waals surface area (Å²) in [6.07, 6.45) is 0.244. The molecule has 0 heterocycles. The average Bonchev–Trinajstić information content (AvgIpc) is 2.66. The lowest BCUT2D eigenvalue weighted by atomic mass is 9.96. The molecule has 30 heavy (non-hydrogen) atoms. The van der Waals surface area contributed by atoms with Crippen LogP contribution in [-0.4, -0.2) is 58.9 Å². The highest BCUT2D eigenvalue weighted by molar-refractivity contribution is 5.94. The van der Waals surface area contributed by atoms with E-state index in [1.807, 2.05) is 6.92 Å². The van der Waals surface area contributed by atoms with E-state index < -0.39 is 53.8 Å². The largest absolute Gasteiger partial charge is 0.480 e. The first kappa shape index (κ1) is 27.3. The molecule has 0 aliphatic heterocycles. The van der Waals surface area contributed by atoms with Crippen LogP contribution in [0.15, 0.2) is 0 Å². The number of carbonyl (C=O) groups excluding carboxylic acids is 4. The normalized spacial score (nSPS) is 16.0. The van der Waals surface area contributed by atoms with Crippen molar-refractivity contribution in [2.24, 2.45) is 23.3 Å². The zero-order valence-corrected chi connectivity index (χ0v) is 18.2. The molecule has 0 radical (unpaired) electrons. The van der Waals surface area contributed by atoms with Crippen molar-refractivity contribution in [3.63, 3.8) is 0 Å². The van der Waals surface area contributed by atoms with Crippen LogP contribution in [0.1, 0.15) is 53.9 Å². The van der Waals surface area contributed by atoms with Crippen LogP contribution in [-0.2, 0) is 24.0 Å². The van der Waals surface area contributed by atoms with Crippen LogP contribution in [0, 0.1) is 11.8 Å². The molecule has 11 heteroatoms. The molecule has 0 bridgehead atoms. The second-order valence-electron chi connectivity index (χ2n) is 7.78. The number of rotatable bonds is 13. The molecule has 0 saturated carbocycles. The molecule has 0 aliphatic rings. The molecule has 8 N–H and O–H groups in total. The van der Waals surface area contributed by atoms with Crippen molar-refractivity contribution in [3.8, 4) is 0 Å². The van der Waals surface area contributed by atoms with Gasteiger partial charge in [-0.15, -0.1) is 0 Å². The number of carbonyl (C=O) groups is 5. The van der Waals surface area contributed by atoms with Crippen LogP contribution in [0.3, 0.4) is 0 Å². The summed E-state index contributed by atoms with van der Waals surface area (Å²) in [6, 6.07) is -4.17. The molecule has 0 aliphatic carbocycles. The van der Waals surface area contributed by atoms with E-state index in [9.17, 15) is 24.0 Å². The second kappa shape index (κ2) is 12.8. The molecule has 0 aromatic heterocycles. The van der Waals surface area contributed by atoms with E-state index in [0.29, 0.717) is 6.42 Å².